The van der Waals surface area contributed by atoms with Crippen LogP contribution >= 0.6 is 11.6 Å². The molecule has 0 aliphatic heterocycles. The summed E-state index contributed by atoms with van der Waals surface area (Å²) in [6.07, 6.45) is 3.21. The Labute approximate surface area is 141 Å². The molecule has 6 heteroatoms. The number of imidazole rings is 1. The fourth-order valence-corrected chi connectivity index (χ4v) is 3.10. The second-order valence-corrected chi connectivity index (χ2v) is 5.84. The van der Waals surface area contributed by atoms with Crippen molar-refractivity contribution in [2.75, 3.05) is 0 Å². The van der Waals surface area contributed by atoms with E-state index in [9.17, 15) is 9.59 Å². The molecule has 0 spiro atoms. The van der Waals surface area contributed by atoms with E-state index in [1.807, 2.05) is 12.1 Å². The zero-order valence-electron chi connectivity index (χ0n) is 12.5. The van der Waals surface area contributed by atoms with Crippen molar-refractivity contribution in [1.29, 1.82) is 0 Å². The third-order valence-corrected chi connectivity index (χ3v) is 4.34. The van der Waals surface area contributed by atoms with E-state index >= 15 is 0 Å². The minimum absolute atomic E-state index is 0.0946. The van der Waals surface area contributed by atoms with Gasteiger partial charge < -0.3 is 0 Å². The molecule has 0 aliphatic rings. The first-order valence-corrected chi connectivity index (χ1v) is 7.76. The van der Waals surface area contributed by atoms with Gasteiger partial charge in [-0.1, -0.05) is 35.9 Å². The molecule has 24 heavy (non-hydrogen) atoms. The van der Waals surface area contributed by atoms with Crippen LogP contribution in [0.5, 0.6) is 0 Å². The number of aromatic nitrogens is 3. The second-order valence-electron chi connectivity index (χ2n) is 5.43. The molecule has 5 nitrogen and oxygen atoms in total. The molecular weight excluding hydrogens is 326 g/mol. The van der Waals surface area contributed by atoms with Gasteiger partial charge in [-0.05, 0) is 24.3 Å². The van der Waals surface area contributed by atoms with Gasteiger partial charge in [-0.15, -0.1) is 0 Å². The molecule has 0 radical (unpaired) electrons. The summed E-state index contributed by atoms with van der Waals surface area (Å²) < 4.78 is 3.23. The number of benzene rings is 2. The average Bonchev–Trinajstić information content (AvgIpc) is 3.08. The van der Waals surface area contributed by atoms with Gasteiger partial charge >= 0.3 is 0 Å². The standard InChI is InChI=1S/C18H12ClN3O2/c19-14-7-3-1-5-12(14)16(23)10-21-17-9-20-11-22(17)15-8-4-2-6-13(15)18(21)24/h1-9,11H,10H2. The van der Waals surface area contributed by atoms with Crippen LogP contribution in [0.3, 0.4) is 0 Å². The van der Waals surface area contributed by atoms with Gasteiger partial charge in [0, 0.05) is 5.56 Å². The molecule has 0 unspecified atom stereocenters. The van der Waals surface area contributed by atoms with E-state index in [2.05, 4.69) is 4.98 Å². The topological polar surface area (TPSA) is 56.4 Å². The van der Waals surface area contributed by atoms with Gasteiger partial charge in [-0.2, -0.15) is 0 Å². The van der Waals surface area contributed by atoms with Crippen LogP contribution in [-0.2, 0) is 6.54 Å². The first-order chi connectivity index (χ1) is 11.7. The summed E-state index contributed by atoms with van der Waals surface area (Å²) in [6.45, 7) is -0.0946. The summed E-state index contributed by atoms with van der Waals surface area (Å²) in [4.78, 5) is 29.6. The fourth-order valence-electron chi connectivity index (χ4n) is 2.86. The molecule has 0 atom stereocenters. The lowest BCUT2D eigenvalue weighted by Crippen LogP contribution is -2.26. The zero-order valence-corrected chi connectivity index (χ0v) is 13.3. The molecule has 4 aromatic rings. The number of ketones is 1. The molecule has 0 saturated carbocycles. The quantitative estimate of drug-likeness (QED) is 0.539. The molecule has 0 bridgehead atoms. The lowest BCUT2D eigenvalue weighted by atomic mass is 10.1. The molecule has 0 amide bonds. The van der Waals surface area contributed by atoms with Crippen molar-refractivity contribution in [3.05, 3.63) is 82.0 Å². The maximum atomic E-state index is 12.8. The lowest BCUT2D eigenvalue weighted by Gasteiger charge is -2.11. The third kappa shape index (κ3) is 2.21. The van der Waals surface area contributed by atoms with E-state index in [0.29, 0.717) is 21.6 Å². The van der Waals surface area contributed by atoms with Crippen molar-refractivity contribution in [2.45, 2.75) is 6.54 Å². The SMILES string of the molecule is O=C(Cn1c(=O)c2ccccc2n2cncc12)c1ccccc1Cl. The van der Waals surface area contributed by atoms with Crippen molar-refractivity contribution in [3.63, 3.8) is 0 Å². The maximum absolute atomic E-state index is 12.8. The minimum atomic E-state index is -0.223. The lowest BCUT2D eigenvalue weighted by molar-refractivity contribution is 0.0972. The summed E-state index contributed by atoms with van der Waals surface area (Å²) >= 11 is 6.09. The molecule has 0 aliphatic carbocycles. The Morgan fingerprint density at radius 2 is 1.83 bits per heavy atom. The van der Waals surface area contributed by atoms with Gasteiger partial charge in [0.1, 0.15) is 12.0 Å². The van der Waals surface area contributed by atoms with E-state index in [-0.39, 0.29) is 17.9 Å². The van der Waals surface area contributed by atoms with Crippen LogP contribution in [-0.4, -0.2) is 19.7 Å². The molecule has 0 saturated heterocycles. The highest BCUT2D eigenvalue weighted by atomic mass is 35.5. The number of carbonyl (C=O) groups is 1. The maximum Gasteiger partial charge on any atom is 0.262 e. The third-order valence-electron chi connectivity index (χ3n) is 4.01. The number of halogens is 1. The van der Waals surface area contributed by atoms with Crippen molar-refractivity contribution in [1.82, 2.24) is 14.0 Å². The minimum Gasteiger partial charge on any atom is -0.292 e. The summed E-state index contributed by atoms with van der Waals surface area (Å²) in [7, 11) is 0. The zero-order chi connectivity index (χ0) is 16.7. The van der Waals surface area contributed by atoms with Crippen molar-refractivity contribution < 1.29 is 4.79 Å². The van der Waals surface area contributed by atoms with Gasteiger partial charge in [-0.3, -0.25) is 18.6 Å². The van der Waals surface area contributed by atoms with E-state index in [0.717, 1.165) is 5.52 Å². The molecule has 118 valence electrons. The van der Waals surface area contributed by atoms with E-state index in [1.54, 1.807) is 53.3 Å². The van der Waals surface area contributed by atoms with Gasteiger partial charge in [0.2, 0.25) is 0 Å². The van der Waals surface area contributed by atoms with E-state index < -0.39 is 0 Å². The van der Waals surface area contributed by atoms with Gasteiger partial charge in [0.05, 0.1) is 28.7 Å². The molecule has 2 aromatic heterocycles. The number of para-hydroxylation sites is 1. The van der Waals surface area contributed by atoms with Crippen LogP contribution < -0.4 is 5.56 Å². The van der Waals surface area contributed by atoms with Crippen molar-refractivity contribution >= 4 is 33.9 Å². The predicted molar refractivity (Wildman–Crippen MR) is 92.7 cm³/mol. The molecule has 4 rings (SSSR count). The number of rotatable bonds is 3. The van der Waals surface area contributed by atoms with Crippen LogP contribution in [0.4, 0.5) is 0 Å². The van der Waals surface area contributed by atoms with E-state index in [4.69, 9.17) is 11.6 Å². The largest absolute Gasteiger partial charge is 0.292 e. The number of hydrogen-bond donors (Lipinski definition) is 0. The van der Waals surface area contributed by atoms with Crippen molar-refractivity contribution in [3.8, 4) is 0 Å². The van der Waals surface area contributed by atoms with Crippen LogP contribution in [0, 0.1) is 0 Å². The first-order valence-electron chi connectivity index (χ1n) is 7.38. The fraction of sp³-hybridized carbons (Fsp3) is 0.0556. The monoisotopic (exact) mass is 337 g/mol. The molecular formula is C18H12ClN3O2. The Hall–Kier alpha value is -2.92. The number of hydrogen-bond acceptors (Lipinski definition) is 3. The second kappa shape index (κ2) is 5.62. The molecule has 0 N–H and O–H groups in total. The first kappa shape index (κ1) is 14.7. The predicted octanol–water partition coefficient (Wildman–Crippen LogP) is 3.19. The van der Waals surface area contributed by atoms with Crippen LogP contribution in [0.25, 0.3) is 16.6 Å². The molecule has 2 heterocycles. The smallest absolute Gasteiger partial charge is 0.262 e. The summed E-state index contributed by atoms with van der Waals surface area (Å²) in [5.41, 5.74) is 1.51. The van der Waals surface area contributed by atoms with Gasteiger partial charge in [0.25, 0.3) is 5.56 Å². The average molecular weight is 338 g/mol. The Kier molecular flexibility index (Phi) is 3.43. The Morgan fingerprint density at radius 1 is 1.08 bits per heavy atom. The highest BCUT2D eigenvalue weighted by Crippen LogP contribution is 2.18. The number of Topliss-reactive ketones (excluding diaryl/α,β-unsaturated/α-hetero) is 1. The summed E-state index contributed by atoms with van der Waals surface area (Å²) in [5, 5.41) is 0.913. The molecule has 2 aromatic carbocycles. The van der Waals surface area contributed by atoms with Gasteiger partial charge in [0.15, 0.2) is 5.78 Å². The highest BCUT2D eigenvalue weighted by Gasteiger charge is 2.16. The van der Waals surface area contributed by atoms with Gasteiger partial charge in [-0.25, -0.2) is 4.98 Å². The highest BCUT2D eigenvalue weighted by molar-refractivity contribution is 6.33. The number of fused-ring (bicyclic) bond motifs is 3. The Balaban J connectivity index is 1.92. The Bertz CT molecular complexity index is 1140. The van der Waals surface area contributed by atoms with Crippen LogP contribution in [0.2, 0.25) is 5.02 Å². The summed E-state index contributed by atoms with van der Waals surface area (Å²) in [6, 6.07) is 14.1. The number of carbonyl (C=O) groups excluding carboxylic acids is 1. The Morgan fingerprint density at radius 3 is 2.67 bits per heavy atom. The summed E-state index contributed by atoms with van der Waals surface area (Å²) in [5.74, 6) is -0.221. The number of nitrogens with zero attached hydrogens (tertiary/aromatic N) is 3. The molecule has 0 fully saturated rings. The van der Waals surface area contributed by atoms with E-state index in [1.165, 1.54) is 4.57 Å². The normalized spacial score (nSPS) is 11.2. The van der Waals surface area contributed by atoms with Crippen LogP contribution in [0.1, 0.15) is 10.4 Å². The van der Waals surface area contributed by atoms with Crippen LogP contribution in [0.15, 0.2) is 65.8 Å². The van der Waals surface area contributed by atoms with Crippen molar-refractivity contribution in [2.24, 2.45) is 0 Å².